The highest BCUT2D eigenvalue weighted by atomic mass is 19.1. The van der Waals surface area contributed by atoms with Crippen molar-refractivity contribution in [1.82, 2.24) is 29.1 Å². The number of rotatable bonds is 13. The van der Waals surface area contributed by atoms with E-state index in [4.69, 9.17) is 14.2 Å². The van der Waals surface area contributed by atoms with Gasteiger partial charge in [-0.15, -0.1) is 0 Å². The summed E-state index contributed by atoms with van der Waals surface area (Å²) in [7, 11) is 0. The minimum absolute atomic E-state index is 0.0334. The van der Waals surface area contributed by atoms with E-state index in [-0.39, 0.29) is 37.1 Å². The Kier molecular flexibility index (Phi) is 12.8. The van der Waals surface area contributed by atoms with Crippen LogP contribution in [0.15, 0.2) is 90.5 Å². The summed E-state index contributed by atoms with van der Waals surface area (Å²) in [5.41, 5.74) is 2.98. The number of halogens is 2. The fourth-order valence-electron chi connectivity index (χ4n) is 6.65. The number of nitrogens with zero attached hydrogens (tertiary/aromatic N) is 8. The Balaban J connectivity index is 0.00000119. The van der Waals surface area contributed by atoms with Crippen LogP contribution in [0, 0.1) is 11.6 Å². The second-order valence-electron chi connectivity index (χ2n) is 13.5. The van der Waals surface area contributed by atoms with Gasteiger partial charge >= 0.3 is 5.69 Å². The maximum absolute atomic E-state index is 14.9. The molecule has 5 aromatic rings. The monoisotopic (exact) mass is 744 g/mol. The largest absolute Gasteiger partial charge is 0.491 e. The third kappa shape index (κ3) is 8.82. The van der Waals surface area contributed by atoms with Gasteiger partial charge < -0.3 is 24.0 Å². The first-order valence-electron chi connectivity index (χ1n) is 18.9. The molecule has 2 saturated heterocycles. The van der Waals surface area contributed by atoms with Crippen LogP contribution in [-0.4, -0.2) is 74.6 Å². The van der Waals surface area contributed by atoms with Gasteiger partial charge in [0.1, 0.15) is 55.6 Å². The highest BCUT2D eigenvalue weighted by Gasteiger charge is 2.46. The van der Waals surface area contributed by atoms with E-state index in [2.05, 4.69) is 64.8 Å². The summed E-state index contributed by atoms with van der Waals surface area (Å²) in [5, 5.41) is 8.46. The molecule has 2 aliphatic heterocycles. The molecule has 288 valence electrons. The minimum Gasteiger partial charge on any atom is -0.491 e. The van der Waals surface area contributed by atoms with Crippen molar-refractivity contribution in [2.45, 2.75) is 77.9 Å². The zero-order valence-corrected chi connectivity index (χ0v) is 31.5. The number of unbranched alkanes of at least 4 members (excludes halogenated alkanes) is 1. The fourth-order valence-corrected chi connectivity index (χ4v) is 6.65. The number of ether oxygens (including phenoxy) is 3. The molecule has 2 atom stereocenters. The third-order valence-corrected chi connectivity index (χ3v) is 9.93. The van der Waals surface area contributed by atoms with Crippen LogP contribution < -0.4 is 20.2 Å². The maximum Gasteiger partial charge on any atom is 0.350 e. The predicted octanol–water partition coefficient (Wildman–Crippen LogP) is 6.75. The number of hydrogen-bond donors (Lipinski definition) is 0. The molecule has 12 nitrogen and oxygen atoms in total. The van der Waals surface area contributed by atoms with E-state index in [9.17, 15) is 13.6 Å². The average molecular weight is 745 g/mol. The molecule has 54 heavy (non-hydrogen) atoms. The lowest BCUT2D eigenvalue weighted by Crippen LogP contribution is -2.46. The SMILES string of the molecule is CCC(CC)n1ncn(-c2ccc(N3CCN(c4ccc(OC[C@H]5COC(Cn6cncn6)(c6ccc(F)cc6F)O5)cc4)CC3)cc2)c1=O.CCCC. The Morgan fingerprint density at radius 3 is 2.04 bits per heavy atom. The van der Waals surface area contributed by atoms with Gasteiger partial charge in [-0.05, 0) is 73.5 Å². The molecular formula is C40H50F2N8O4. The summed E-state index contributed by atoms with van der Waals surface area (Å²) in [5.74, 6) is -2.30. The Bertz CT molecular complexity index is 1960. The van der Waals surface area contributed by atoms with Gasteiger partial charge in [0.15, 0.2) is 0 Å². The van der Waals surface area contributed by atoms with Crippen molar-refractivity contribution < 1.29 is 23.0 Å². The van der Waals surface area contributed by atoms with Gasteiger partial charge in [-0.3, -0.25) is 0 Å². The van der Waals surface area contributed by atoms with E-state index in [0.29, 0.717) is 5.75 Å². The Hall–Kier alpha value is -5.08. The smallest absolute Gasteiger partial charge is 0.350 e. The van der Waals surface area contributed by atoms with Crippen LogP contribution in [0.3, 0.4) is 0 Å². The second-order valence-corrected chi connectivity index (χ2v) is 13.5. The first-order chi connectivity index (χ1) is 26.3. The van der Waals surface area contributed by atoms with Crippen molar-refractivity contribution in [3.8, 4) is 11.4 Å². The molecule has 2 fully saturated rings. The molecule has 0 aliphatic carbocycles. The Labute approximate surface area is 314 Å². The normalized spacial score (nSPS) is 18.5. The first kappa shape index (κ1) is 38.6. The molecule has 2 aliphatic rings. The molecule has 0 N–H and O–H groups in total. The third-order valence-electron chi connectivity index (χ3n) is 9.93. The summed E-state index contributed by atoms with van der Waals surface area (Å²) in [6.45, 7) is 12.3. The molecule has 2 aromatic heterocycles. The molecule has 0 bridgehead atoms. The highest BCUT2D eigenvalue weighted by Crippen LogP contribution is 2.38. The standard InChI is InChI=1S/C36H40F2N8O4.C4H10/c1-3-27(4-2)46-35(47)45(25-41-46)30-8-6-28(7-9-30)42-15-17-43(18-16-42)29-10-12-31(13-11-29)48-20-32-21-49-36(50-32,22-44-24-39-23-40-44)33-14-5-26(37)19-34(33)38;1-3-4-2/h5-14,19,23-25,27,32H,3-4,15-18,20-22H2,1-2H3;3-4H2,1-2H3/t32-,36?;/m0./s1. The van der Waals surface area contributed by atoms with Crippen LogP contribution in [0.25, 0.3) is 5.69 Å². The van der Waals surface area contributed by atoms with Gasteiger partial charge in [-0.2, -0.15) is 10.2 Å². The molecule has 7 rings (SSSR count). The number of aromatic nitrogens is 6. The second kappa shape index (κ2) is 17.8. The van der Waals surface area contributed by atoms with Crippen LogP contribution in [0.5, 0.6) is 5.75 Å². The van der Waals surface area contributed by atoms with E-state index < -0.39 is 23.5 Å². The number of piperazine rings is 1. The molecule has 4 heterocycles. The molecule has 0 spiro atoms. The van der Waals surface area contributed by atoms with Crippen molar-refractivity contribution in [2.24, 2.45) is 0 Å². The van der Waals surface area contributed by atoms with Crippen LogP contribution in [0.4, 0.5) is 20.2 Å². The summed E-state index contributed by atoms with van der Waals surface area (Å²) in [6.07, 6.45) is 8.31. The predicted molar refractivity (Wildman–Crippen MR) is 203 cm³/mol. The van der Waals surface area contributed by atoms with Crippen molar-refractivity contribution >= 4 is 11.4 Å². The van der Waals surface area contributed by atoms with Crippen molar-refractivity contribution in [3.63, 3.8) is 0 Å². The van der Waals surface area contributed by atoms with E-state index in [1.165, 1.54) is 42.3 Å². The zero-order valence-electron chi connectivity index (χ0n) is 31.5. The maximum atomic E-state index is 14.9. The fraction of sp³-hybridized carbons (Fsp3) is 0.450. The van der Waals surface area contributed by atoms with Gasteiger partial charge in [0.25, 0.3) is 0 Å². The number of anilines is 2. The molecule has 0 saturated carbocycles. The number of benzene rings is 3. The lowest BCUT2D eigenvalue weighted by molar-refractivity contribution is -0.192. The molecule has 14 heteroatoms. The summed E-state index contributed by atoms with van der Waals surface area (Å²) in [4.78, 5) is 21.6. The van der Waals surface area contributed by atoms with Gasteiger partial charge in [0, 0.05) is 49.2 Å². The van der Waals surface area contributed by atoms with E-state index in [1.54, 1.807) is 15.6 Å². The Morgan fingerprint density at radius 1 is 0.833 bits per heavy atom. The van der Waals surface area contributed by atoms with Gasteiger partial charge in [-0.25, -0.2) is 32.5 Å². The zero-order chi connectivity index (χ0) is 38.1. The molecule has 0 amide bonds. The van der Waals surface area contributed by atoms with Crippen molar-refractivity contribution in [1.29, 1.82) is 0 Å². The topological polar surface area (TPSA) is 105 Å². The van der Waals surface area contributed by atoms with Crippen molar-refractivity contribution in [3.05, 3.63) is 113 Å². The lowest BCUT2D eigenvalue weighted by Gasteiger charge is -2.37. The molecule has 1 unspecified atom stereocenters. The van der Waals surface area contributed by atoms with Gasteiger partial charge in [0.05, 0.1) is 18.3 Å². The van der Waals surface area contributed by atoms with Crippen LogP contribution in [0.1, 0.15) is 65.0 Å². The summed E-state index contributed by atoms with van der Waals surface area (Å²) < 4.78 is 51.5. The van der Waals surface area contributed by atoms with E-state index in [0.717, 1.165) is 62.1 Å². The Morgan fingerprint density at radius 2 is 1.46 bits per heavy atom. The van der Waals surface area contributed by atoms with Gasteiger partial charge in [0.2, 0.25) is 5.79 Å². The average Bonchev–Trinajstić information content (AvgIpc) is 3.96. The van der Waals surface area contributed by atoms with Crippen LogP contribution >= 0.6 is 0 Å². The van der Waals surface area contributed by atoms with Crippen LogP contribution in [-0.2, 0) is 21.8 Å². The molecule has 3 aromatic carbocycles. The number of hydrogen-bond acceptors (Lipinski definition) is 9. The van der Waals surface area contributed by atoms with E-state index in [1.807, 2.05) is 36.4 Å². The molecular weight excluding hydrogens is 694 g/mol. The van der Waals surface area contributed by atoms with Gasteiger partial charge in [-0.1, -0.05) is 40.5 Å². The van der Waals surface area contributed by atoms with Crippen LogP contribution in [0.2, 0.25) is 0 Å². The lowest BCUT2D eigenvalue weighted by atomic mass is 10.0. The highest BCUT2D eigenvalue weighted by molar-refractivity contribution is 5.54. The van der Waals surface area contributed by atoms with E-state index >= 15 is 0 Å². The minimum atomic E-state index is -1.51. The van der Waals surface area contributed by atoms with Crippen molar-refractivity contribution in [2.75, 3.05) is 49.2 Å². The summed E-state index contributed by atoms with van der Waals surface area (Å²) >= 11 is 0. The quantitative estimate of drug-likeness (QED) is 0.130. The molecule has 0 radical (unpaired) electrons. The summed E-state index contributed by atoms with van der Waals surface area (Å²) in [6, 6.07) is 19.4. The first-order valence-corrected chi connectivity index (χ1v) is 18.9.